The molecule has 9 nitrogen and oxygen atoms in total. The maximum Gasteiger partial charge on any atom is 0.242 e. The van der Waals surface area contributed by atoms with Gasteiger partial charge in [0.15, 0.2) is 0 Å². The highest BCUT2D eigenvalue weighted by atomic mass is 32.2. The van der Waals surface area contributed by atoms with Gasteiger partial charge in [-0.25, -0.2) is 13.4 Å². The number of amides is 1. The lowest BCUT2D eigenvalue weighted by Gasteiger charge is -2.27. The van der Waals surface area contributed by atoms with Gasteiger partial charge in [-0.15, -0.1) is 0 Å². The number of anilines is 2. The van der Waals surface area contributed by atoms with E-state index < -0.39 is 22.0 Å². The van der Waals surface area contributed by atoms with E-state index in [1.165, 1.54) is 26.2 Å². The predicted octanol–water partition coefficient (Wildman–Crippen LogP) is 1.23. The molecule has 0 unspecified atom stereocenters. The van der Waals surface area contributed by atoms with Crippen LogP contribution < -0.4 is 19.7 Å². The van der Waals surface area contributed by atoms with Crippen molar-refractivity contribution in [3.05, 3.63) is 42.6 Å². The van der Waals surface area contributed by atoms with Gasteiger partial charge in [0, 0.05) is 13.1 Å². The molecule has 2 heterocycles. The van der Waals surface area contributed by atoms with Crippen LogP contribution >= 0.6 is 0 Å². The molecule has 1 amide bonds. The summed E-state index contributed by atoms with van der Waals surface area (Å²) in [5, 5.41) is 2.67. The van der Waals surface area contributed by atoms with E-state index in [1.807, 2.05) is 6.07 Å². The molecule has 1 fully saturated rings. The molecule has 1 saturated heterocycles. The summed E-state index contributed by atoms with van der Waals surface area (Å²) in [6.07, 6.45) is 1.55. The minimum Gasteiger partial charge on any atom is -0.497 e. The Morgan fingerprint density at radius 1 is 1.17 bits per heavy atom. The Labute approximate surface area is 170 Å². The molecule has 3 rings (SSSR count). The van der Waals surface area contributed by atoms with Crippen molar-refractivity contribution in [2.45, 2.75) is 17.9 Å². The summed E-state index contributed by atoms with van der Waals surface area (Å²) in [5.41, 5.74) is 0.488. The molecule has 1 aromatic carbocycles. The molecular weight excluding hydrogens is 396 g/mol. The van der Waals surface area contributed by atoms with Crippen LogP contribution in [-0.4, -0.2) is 58.8 Å². The summed E-state index contributed by atoms with van der Waals surface area (Å²) in [4.78, 5) is 18.9. The molecule has 29 heavy (non-hydrogen) atoms. The van der Waals surface area contributed by atoms with Gasteiger partial charge in [0.05, 0.1) is 43.1 Å². The van der Waals surface area contributed by atoms with E-state index in [2.05, 4.69) is 19.9 Å². The van der Waals surface area contributed by atoms with Crippen LogP contribution in [0.2, 0.25) is 0 Å². The fourth-order valence-corrected chi connectivity index (χ4v) is 4.00. The molecule has 10 heteroatoms. The minimum atomic E-state index is -3.84. The van der Waals surface area contributed by atoms with Crippen molar-refractivity contribution in [2.75, 3.05) is 43.6 Å². The van der Waals surface area contributed by atoms with Gasteiger partial charge in [-0.3, -0.25) is 4.79 Å². The zero-order valence-electron chi connectivity index (χ0n) is 16.3. The van der Waals surface area contributed by atoms with Crippen LogP contribution in [-0.2, 0) is 19.6 Å². The lowest BCUT2D eigenvalue weighted by Crippen LogP contribution is -2.41. The van der Waals surface area contributed by atoms with Crippen LogP contribution in [0.5, 0.6) is 5.75 Å². The van der Waals surface area contributed by atoms with Gasteiger partial charge in [0.2, 0.25) is 15.9 Å². The molecule has 156 valence electrons. The number of methoxy groups -OCH3 is 1. The summed E-state index contributed by atoms with van der Waals surface area (Å²) < 4.78 is 37.6. The second kappa shape index (κ2) is 9.21. The number of pyridine rings is 1. The van der Waals surface area contributed by atoms with Crippen molar-refractivity contribution >= 4 is 27.4 Å². The number of carbonyl (C=O) groups is 1. The van der Waals surface area contributed by atoms with Crippen molar-refractivity contribution in [2.24, 2.45) is 0 Å². The lowest BCUT2D eigenvalue weighted by molar-refractivity contribution is -0.117. The summed E-state index contributed by atoms with van der Waals surface area (Å²) >= 11 is 0. The third kappa shape index (κ3) is 5.43. The number of nitrogens with zero attached hydrogens (tertiary/aromatic N) is 2. The quantitative estimate of drug-likeness (QED) is 0.693. The Kier molecular flexibility index (Phi) is 6.68. The normalized spacial score (nSPS) is 15.6. The van der Waals surface area contributed by atoms with Crippen LogP contribution in [0.15, 0.2) is 47.5 Å². The van der Waals surface area contributed by atoms with Crippen molar-refractivity contribution in [1.82, 2.24) is 9.71 Å². The maximum atomic E-state index is 12.5. The van der Waals surface area contributed by atoms with Crippen LogP contribution in [0.25, 0.3) is 0 Å². The molecular formula is C19H24N4O5S. The fourth-order valence-electron chi connectivity index (χ4n) is 2.80. The lowest BCUT2D eigenvalue weighted by atomic mass is 10.3. The zero-order chi connectivity index (χ0) is 20.9. The monoisotopic (exact) mass is 420 g/mol. The van der Waals surface area contributed by atoms with E-state index in [4.69, 9.17) is 9.47 Å². The summed E-state index contributed by atoms with van der Waals surface area (Å²) in [6.45, 7) is 4.33. The maximum absolute atomic E-state index is 12.5. The number of benzene rings is 1. The Morgan fingerprint density at radius 2 is 1.86 bits per heavy atom. The van der Waals surface area contributed by atoms with E-state index in [-0.39, 0.29) is 4.90 Å². The molecule has 0 aliphatic carbocycles. The number of nitrogens with one attached hydrogen (secondary N) is 2. The van der Waals surface area contributed by atoms with E-state index >= 15 is 0 Å². The smallest absolute Gasteiger partial charge is 0.242 e. The number of ether oxygens (including phenoxy) is 2. The molecule has 1 aliphatic rings. The molecule has 0 spiro atoms. The molecule has 0 radical (unpaired) electrons. The molecule has 0 saturated carbocycles. The van der Waals surface area contributed by atoms with E-state index in [1.54, 1.807) is 24.4 Å². The summed E-state index contributed by atoms with van der Waals surface area (Å²) in [6, 6.07) is 8.50. The van der Waals surface area contributed by atoms with Crippen molar-refractivity contribution in [3.63, 3.8) is 0 Å². The first kappa shape index (κ1) is 21.0. The topological polar surface area (TPSA) is 110 Å². The van der Waals surface area contributed by atoms with E-state index in [0.29, 0.717) is 24.7 Å². The Hall–Kier alpha value is -2.69. The second-order valence-electron chi connectivity index (χ2n) is 6.51. The van der Waals surface area contributed by atoms with E-state index in [9.17, 15) is 13.2 Å². The third-order valence-electron chi connectivity index (χ3n) is 4.45. The van der Waals surface area contributed by atoms with Gasteiger partial charge in [0.1, 0.15) is 11.6 Å². The van der Waals surface area contributed by atoms with Crippen molar-refractivity contribution in [3.8, 4) is 5.75 Å². The SMILES string of the molecule is COc1ccc(S(=O)(=O)N[C@@H](C)C(=O)Nc2ccc(N3CCOCC3)nc2)cc1. The minimum absolute atomic E-state index is 0.0504. The number of aromatic nitrogens is 1. The molecule has 1 atom stereocenters. The average molecular weight is 420 g/mol. The van der Waals surface area contributed by atoms with Crippen LogP contribution in [0.3, 0.4) is 0 Å². The molecule has 1 aromatic heterocycles. The van der Waals surface area contributed by atoms with Gasteiger partial charge in [-0.2, -0.15) is 4.72 Å². The summed E-state index contributed by atoms with van der Waals surface area (Å²) in [7, 11) is -2.35. The van der Waals surface area contributed by atoms with Crippen molar-refractivity contribution in [1.29, 1.82) is 0 Å². The summed E-state index contributed by atoms with van der Waals surface area (Å²) in [5.74, 6) is 0.866. The van der Waals surface area contributed by atoms with Gasteiger partial charge < -0.3 is 19.7 Å². The Morgan fingerprint density at radius 3 is 2.45 bits per heavy atom. The van der Waals surface area contributed by atoms with Crippen LogP contribution in [0.4, 0.5) is 11.5 Å². The van der Waals surface area contributed by atoms with Gasteiger partial charge in [-0.1, -0.05) is 0 Å². The molecule has 1 aliphatic heterocycles. The van der Waals surface area contributed by atoms with Gasteiger partial charge in [-0.05, 0) is 43.3 Å². The largest absolute Gasteiger partial charge is 0.497 e. The number of hydrogen-bond donors (Lipinski definition) is 2. The number of hydrogen-bond acceptors (Lipinski definition) is 7. The fraction of sp³-hybridized carbons (Fsp3) is 0.368. The Balaban J connectivity index is 1.59. The highest BCUT2D eigenvalue weighted by Crippen LogP contribution is 2.17. The predicted molar refractivity (Wildman–Crippen MR) is 109 cm³/mol. The standard InChI is InChI=1S/C19H24N4O5S/c1-14(22-29(25,26)17-6-4-16(27-2)5-7-17)19(24)21-15-3-8-18(20-13-15)23-9-11-28-12-10-23/h3-8,13-14,22H,9-12H2,1-2H3,(H,21,24)/t14-/m0/s1. The number of sulfonamides is 1. The molecule has 2 N–H and O–H groups in total. The van der Waals surface area contributed by atoms with E-state index in [0.717, 1.165) is 18.9 Å². The highest BCUT2D eigenvalue weighted by Gasteiger charge is 2.22. The first-order valence-corrected chi connectivity index (χ1v) is 10.6. The van der Waals surface area contributed by atoms with Crippen molar-refractivity contribution < 1.29 is 22.7 Å². The third-order valence-corrected chi connectivity index (χ3v) is 6.00. The van der Waals surface area contributed by atoms with Gasteiger partial charge in [0.25, 0.3) is 0 Å². The number of carbonyl (C=O) groups excluding carboxylic acids is 1. The number of morpholine rings is 1. The first-order chi connectivity index (χ1) is 13.9. The molecule has 2 aromatic rings. The second-order valence-corrected chi connectivity index (χ2v) is 8.23. The van der Waals surface area contributed by atoms with Crippen LogP contribution in [0.1, 0.15) is 6.92 Å². The van der Waals surface area contributed by atoms with Gasteiger partial charge >= 0.3 is 0 Å². The highest BCUT2D eigenvalue weighted by molar-refractivity contribution is 7.89. The van der Waals surface area contributed by atoms with Crippen LogP contribution in [0, 0.1) is 0 Å². The first-order valence-electron chi connectivity index (χ1n) is 9.15. The zero-order valence-corrected chi connectivity index (χ0v) is 17.1. The average Bonchev–Trinajstić information content (AvgIpc) is 2.74. The molecule has 0 bridgehead atoms. The number of rotatable bonds is 7. The Bertz CT molecular complexity index is 926.